The number of nitrogens with zero attached hydrogens (tertiary/aromatic N) is 1. The normalized spacial score (nSPS) is 14.1. The molecule has 1 amide bonds. The highest BCUT2D eigenvalue weighted by Crippen LogP contribution is 2.21. The van der Waals surface area contributed by atoms with Gasteiger partial charge in [-0.1, -0.05) is 72.8 Å². The van der Waals surface area contributed by atoms with Gasteiger partial charge in [-0.15, -0.1) is 0 Å². The van der Waals surface area contributed by atoms with Crippen LogP contribution in [0.15, 0.2) is 78.9 Å². The number of morpholine rings is 1. The molecule has 1 saturated heterocycles. The Kier molecular flexibility index (Phi) is 7.90. The van der Waals surface area contributed by atoms with Crippen molar-refractivity contribution in [2.24, 2.45) is 0 Å². The molecule has 0 radical (unpaired) electrons. The van der Waals surface area contributed by atoms with Gasteiger partial charge in [-0.25, -0.2) is 0 Å². The number of hydrogen-bond donors (Lipinski definition) is 1. The molecule has 3 aromatic rings. The Labute approximate surface area is 190 Å². The van der Waals surface area contributed by atoms with Gasteiger partial charge in [0, 0.05) is 32.6 Å². The summed E-state index contributed by atoms with van der Waals surface area (Å²) in [5.74, 6) is 0.625. The average Bonchev–Trinajstić information content (AvgIpc) is 2.84. The van der Waals surface area contributed by atoms with Crippen molar-refractivity contribution >= 4 is 5.91 Å². The molecule has 0 aromatic heterocycles. The quantitative estimate of drug-likeness (QED) is 0.561. The summed E-state index contributed by atoms with van der Waals surface area (Å²) in [5.41, 5.74) is 4.66. The van der Waals surface area contributed by atoms with E-state index in [1.165, 1.54) is 11.1 Å². The van der Waals surface area contributed by atoms with Crippen LogP contribution in [-0.4, -0.2) is 43.7 Å². The Morgan fingerprint density at radius 3 is 2.28 bits per heavy atom. The van der Waals surface area contributed by atoms with Crippen LogP contribution in [0.1, 0.15) is 22.3 Å². The minimum Gasteiger partial charge on any atom is -0.483 e. The van der Waals surface area contributed by atoms with Gasteiger partial charge in [-0.2, -0.15) is 0 Å². The molecule has 3 aromatic carbocycles. The largest absolute Gasteiger partial charge is 0.483 e. The van der Waals surface area contributed by atoms with Crippen LogP contribution in [0.25, 0.3) is 0 Å². The van der Waals surface area contributed by atoms with Crippen LogP contribution >= 0.6 is 0 Å². The molecule has 0 aliphatic carbocycles. The van der Waals surface area contributed by atoms with Crippen LogP contribution < -0.4 is 10.1 Å². The van der Waals surface area contributed by atoms with Crippen molar-refractivity contribution in [1.29, 1.82) is 0 Å². The molecular formula is C27H30N2O3. The Bertz CT molecular complexity index is 1000. The van der Waals surface area contributed by atoms with E-state index in [0.29, 0.717) is 6.54 Å². The van der Waals surface area contributed by atoms with Crippen molar-refractivity contribution in [3.05, 3.63) is 101 Å². The molecule has 4 rings (SSSR count). The summed E-state index contributed by atoms with van der Waals surface area (Å²) in [6, 6.07) is 26.4. The predicted molar refractivity (Wildman–Crippen MR) is 126 cm³/mol. The molecular weight excluding hydrogens is 400 g/mol. The fourth-order valence-electron chi connectivity index (χ4n) is 3.88. The van der Waals surface area contributed by atoms with E-state index in [4.69, 9.17) is 9.47 Å². The minimum atomic E-state index is -0.124. The molecule has 5 nitrogen and oxygen atoms in total. The number of para-hydroxylation sites is 1. The maximum Gasteiger partial charge on any atom is 0.258 e. The highest BCUT2D eigenvalue weighted by molar-refractivity contribution is 5.77. The molecule has 166 valence electrons. The third kappa shape index (κ3) is 6.42. The van der Waals surface area contributed by atoms with Gasteiger partial charge in [0.2, 0.25) is 0 Å². The van der Waals surface area contributed by atoms with Gasteiger partial charge in [0.15, 0.2) is 6.61 Å². The average molecular weight is 431 g/mol. The van der Waals surface area contributed by atoms with Crippen molar-refractivity contribution in [2.45, 2.75) is 19.5 Å². The number of carbonyl (C=O) groups is 1. The number of rotatable bonds is 9. The first kappa shape index (κ1) is 22.1. The number of hydrogen-bond acceptors (Lipinski definition) is 4. The zero-order valence-electron chi connectivity index (χ0n) is 18.3. The lowest BCUT2D eigenvalue weighted by Crippen LogP contribution is -2.36. The van der Waals surface area contributed by atoms with E-state index in [-0.39, 0.29) is 12.5 Å². The van der Waals surface area contributed by atoms with Crippen LogP contribution in [0.4, 0.5) is 0 Å². The lowest BCUT2D eigenvalue weighted by molar-refractivity contribution is -0.123. The second-order valence-electron chi connectivity index (χ2n) is 7.99. The number of amides is 1. The van der Waals surface area contributed by atoms with Gasteiger partial charge in [0.05, 0.1) is 13.2 Å². The van der Waals surface area contributed by atoms with E-state index < -0.39 is 0 Å². The van der Waals surface area contributed by atoms with Crippen LogP contribution in [0, 0.1) is 0 Å². The molecule has 1 N–H and O–H groups in total. The van der Waals surface area contributed by atoms with Gasteiger partial charge in [0.1, 0.15) is 5.75 Å². The molecule has 1 heterocycles. The van der Waals surface area contributed by atoms with Gasteiger partial charge in [-0.05, 0) is 28.3 Å². The molecule has 0 spiro atoms. The summed E-state index contributed by atoms with van der Waals surface area (Å²) in [5, 5.41) is 3.01. The third-order valence-corrected chi connectivity index (χ3v) is 5.66. The Morgan fingerprint density at radius 2 is 1.50 bits per heavy atom. The smallest absolute Gasteiger partial charge is 0.258 e. The van der Waals surface area contributed by atoms with Gasteiger partial charge < -0.3 is 14.8 Å². The van der Waals surface area contributed by atoms with Crippen LogP contribution in [-0.2, 0) is 29.0 Å². The standard InChI is InChI=1S/C27H30N2O3/c30-27(21-32-26-13-7-6-10-23(26)18-22-8-2-1-3-9-22)28-19-24-11-4-5-12-25(24)20-29-14-16-31-17-15-29/h1-13H,14-21H2,(H,28,30). The first-order valence-corrected chi connectivity index (χ1v) is 11.2. The number of ether oxygens (including phenoxy) is 2. The van der Waals surface area contributed by atoms with E-state index >= 15 is 0 Å². The van der Waals surface area contributed by atoms with E-state index in [1.54, 1.807) is 0 Å². The molecule has 0 saturated carbocycles. The molecule has 1 aliphatic rings. The highest BCUT2D eigenvalue weighted by Gasteiger charge is 2.13. The van der Waals surface area contributed by atoms with Crippen molar-refractivity contribution < 1.29 is 14.3 Å². The summed E-state index contributed by atoms with van der Waals surface area (Å²) in [7, 11) is 0. The molecule has 0 atom stereocenters. The maximum absolute atomic E-state index is 12.5. The summed E-state index contributed by atoms with van der Waals surface area (Å²) in [4.78, 5) is 14.9. The SMILES string of the molecule is O=C(COc1ccccc1Cc1ccccc1)NCc1ccccc1CN1CCOCC1. The van der Waals surface area contributed by atoms with Crippen molar-refractivity contribution in [3.63, 3.8) is 0 Å². The van der Waals surface area contributed by atoms with E-state index in [0.717, 1.165) is 56.1 Å². The second kappa shape index (κ2) is 11.5. The first-order valence-electron chi connectivity index (χ1n) is 11.2. The molecule has 5 heteroatoms. The van der Waals surface area contributed by atoms with Crippen LogP contribution in [0.2, 0.25) is 0 Å². The van der Waals surface area contributed by atoms with Gasteiger partial charge in [0.25, 0.3) is 5.91 Å². The van der Waals surface area contributed by atoms with E-state index in [2.05, 4.69) is 34.5 Å². The zero-order chi connectivity index (χ0) is 22.0. The molecule has 32 heavy (non-hydrogen) atoms. The maximum atomic E-state index is 12.5. The van der Waals surface area contributed by atoms with Crippen LogP contribution in [0.3, 0.4) is 0 Å². The number of carbonyl (C=O) groups excluding carboxylic acids is 1. The zero-order valence-corrected chi connectivity index (χ0v) is 18.3. The molecule has 1 fully saturated rings. The molecule has 0 bridgehead atoms. The minimum absolute atomic E-state index is 0.00255. The summed E-state index contributed by atoms with van der Waals surface area (Å²) in [6.07, 6.45) is 0.771. The Balaban J connectivity index is 1.30. The summed E-state index contributed by atoms with van der Waals surface area (Å²) >= 11 is 0. The summed E-state index contributed by atoms with van der Waals surface area (Å²) < 4.78 is 11.3. The van der Waals surface area contributed by atoms with Crippen molar-refractivity contribution in [2.75, 3.05) is 32.9 Å². The molecule has 0 unspecified atom stereocenters. The Morgan fingerprint density at radius 1 is 0.844 bits per heavy atom. The third-order valence-electron chi connectivity index (χ3n) is 5.66. The van der Waals surface area contributed by atoms with Crippen molar-refractivity contribution in [3.8, 4) is 5.75 Å². The van der Waals surface area contributed by atoms with E-state index in [1.807, 2.05) is 54.6 Å². The topological polar surface area (TPSA) is 50.8 Å². The first-order chi connectivity index (χ1) is 15.8. The fourth-order valence-corrected chi connectivity index (χ4v) is 3.88. The number of benzene rings is 3. The van der Waals surface area contributed by atoms with Gasteiger partial charge in [-0.3, -0.25) is 9.69 Å². The predicted octanol–water partition coefficient (Wildman–Crippen LogP) is 3.80. The fraction of sp³-hybridized carbons (Fsp3) is 0.296. The number of nitrogens with one attached hydrogen (secondary N) is 1. The van der Waals surface area contributed by atoms with Crippen LogP contribution in [0.5, 0.6) is 5.75 Å². The Hall–Kier alpha value is -3.15. The van der Waals surface area contributed by atoms with E-state index in [9.17, 15) is 4.79 Å². The molecule has 1 aliphatic heterocycles. The summed E-state index contributed by atoms with van der Waals surface area (Å²) in [6.45, 7) is 4.81. The second-order valence-corrected chi connectivity index (χ2v) is 7.99. The lowest BCUT2D eigenvalue weighted by Gasteiger charge is -2.27. The monoisotopic (exact) mass is 430 g/mol. The highest BCUT2D eigenvalue weighted by atomic mass is 16.5. The van der Waals surface area contributed by atoms with Gasteiger partial charge >= 0.3 is 0 Å². The van der Waals surface area contributed by atoms with Crippen molar-refractivity contribution in [1.82, 2.24) is 10.2 Å². The lowest BCUT2D eigenvalue weighted by atomic mass is 10.0.